The fourth-order valence-corrected chi connectivity index (χ4v) is 4.59. The molecule has 0 fully saturated rings. The summed E-state index contributed by atoms with van der Waals surface area (Å²) in [6.07, 6.45) is 8.67. The fourth-order valence-electron chi connectivity index (χ4n) is 4.59. The maximum Gasteiger partial charge on any atom is 0.255 e. The van der Waals surface area contributed by atoms with Crippen molar-refractivity contribution in [1.82, 2.24) is 35.1 Å². The smallest absolute Gasteiger partial charge is 0.255 e. The van der Waals surface area contributed by atoms with Gasteiger partial charge in [-0.3, -0.25) is 24.8 Å². The minimum Gasteiger partial charge on any atom is -0.335 e. The number of carbonyl (C=O) groups is 1. The zero-order chi connectivity index (χ0) is 26.2. The van der Waals surface area contributed by atoms with E-state index in [1.54, 1.807) is 43.1 Å². The Morgan fingerprint density at radius 3 is 2.54 bits per heavy atom. The molecule has 0 aliphatic heterocycles. The Morgan fingerprint density at radius 2 is 1.67 bits per heavy atom. The second-order valence-electron chi connectivity index (χ2n) is 9.00. The van der Waals surface area contributed by atoms with Crippen molar-refractivity contribution in [3.8, 4) is 33.9 Å². The molecule has 5 heterocycles. The van der Waals surface area contributed by atoms with Gasteiger partial charge in [-0.25, -0.2) is 4.98 Å². The van der Waals surface area contributed by atoms with Crippen LogP contribution in [0.25, 0.3) is 55.8 Å². The average Bonchev–Trinajstić information content (AvgIpc) is 3.62. The van der Waals surface area contributed by atoms with Gasteiger partial charge in [-0.05, 0) is 48.0 Å². The predicted molar refractivity (Wildman–Crippen MR) is 150 cm³/mol. The van der Waals surface area contributed by atoms with Gasteiger partial charge in [0.15, 0.2) is 5.82 Å². The summed E-state index contributed by atoms with van der Waals surface area (Å²) in [5.74, 6) is 0.437. The monoisotopic (exact) mass is 508 g/mol. The third kappa shape index (κ3) is 4.17. The second kappa shape index (κ2) is 9.31. The third-order valence-corrected chi connectivity index (χ3v) is 6.49. The van der Waals surface area contributed by atoms with Gasteiger partial charge in [-0.2, -0.15) is 5.10 Å². The third-order valence-electron chi connectivity index (χ3n) is 6.49. The maximum atomic E-state index is 12.6. The molecule has 0 aliphatic rings. The summed E-state index contributed by atoms with van der Waals surface area (Å²) in [5.41, 5.74) is 7.77. The highest BCUT2D eigenvalue weighted by atomic mass is 16.1. The minimum atomic E-state index is -0.188. The highest BCUT2D eigenvalue weighted by molar-refractivity contribution is 6.04. The molecule has 0 saturated heterocycles. The van der Waals surface area contributed by atoms with Crippen LogP contribution in [0.4, 0.5) is 5.69 Å². The molecule has 7 aromatic rings. The molecule has 0 aliphatic carbocycles. The fraction of sp³-hybridized carbons (Fsp3) is 0. The standard InChI is InChI=1S/C30H20N8O/c39-30(18-6-2-1-3-7-18)34-21-12-20(14-31-15-21)19-9-10-25-22(13-19)28(38-37-25)29-35-26-17-32-16-23(27(26)36-29)24-8-4-5-11-33-24/h1-17H,(H,34,39)(H,35,36)(H,37,38). The summed E-state index contributed by atoms with van der Waals surface area (Å²) in [6, 6.07) is 22.7. The van der Waals surface area contributed by atoms with E-state index in [1.165, 1.54) is 0 Å². The number of carbonyl (C=O) groups excluding carboxylic acids is 1. The number of hydrogen-bond donors (Lipinski definition) is 3. The lowest BCUT2D eigenvalue weighted by Crippen LogP contribution is -2.11. The minimum absolute atomic E-state index is 0.188. The van der Waals surface area contributed by atoms with Gasteiger partial charge in [-0.1, -0.05) is 30.3 Å². The van der Waals surface area contributed by atoms with Gasteiger partial charge in [0.1, 0.15) is 11.2 Å². The Hall–Kier alpha value is -5.70. The van der Waals surface area contributed by atoms with Crippen LogP contribution in [0.5, 0.6) is 0 Å². The lowest BCUT2D eigenvalue weighted by molar-refractivity contribution is 0.102. The Balaban J connectivity index is 1.25. The first-order valence-electron chi connectivity index (χ1n) is 12.3. The van der Waals surface area contributed by atoms with Crippen LogP contribution in [0.2, 0.25) is 0 Å². The Kier molecular flexibility index (Phi) is 5.37. The number of nitrogens with zero attached hydrogens (tertiary/aromatic N) is 5. The van der Waals surface area contributed by atoms with Gasteiger partial charge >= 0.3 is 0 Å². The molecule has 39 heavy (non-hydrogen) atoms. The molecule has 3 N–H and O–H groups in total. The second-order valence-corrected chi connectivity index (χ2v) is 9.00. The first-order valence-corrected chi connectivity index (χ1v) is 12.3. The molecule has 0 spiro atoms. The number of aromatic amines is 2. The van der Waals surface area contributed by atoms with Gasteiger partial charge in [0, 0.05) is 40.7 Å². The number of hydrogen-bond acceptors (Lipinski definition) is 6. The van der Waals surface area contributed by atoms with E-state index in [4.69, 9.17) is 4.98 Å². The van der Waals surface area contributed by atoms with Crippen LogP contribution in [0.3, 0.4) is 0 Å². The topological polar surface area (TPSA) is 125 Å². The van der Waals surface area contributed by atoms with Crippen molar-refractivity contribution in [3.63, 3.8) is 0 Å². The molecule has 2 aromatic carbocycles. The molecular weight excluding hydrogens is 488 g/mol. The van der Waals surface area contributed by atoms with E-state index >= 15 is 0 Å². The normalized spacial score (nSPS) is 11.2. The van der Waals surface area contributed by atoms with Gasteiger partial charge < -0.3 is 10.3 Å². The van der Waals surface area contributed by atoms with Crippen molar-refractivity contribution in [2.45, 2.75) is 0 Å². The van der Waals surface area contributed by atoms with E-state index in [1.807, 2.05) is 60.7 Å². The average molecular weight is 509 g/mol. The lowest BCUT2D eigenvalue weighted by atomic mass is 10.0. The van der Waals surface area contributed by atoms with Gasteiger partial charge in [0.2, 0.25) is 0 Å². The molecule has 0 radical (unpaired) electrons. The molecule has 9 heteroatoms. The van der Waals surface area contributed by atoms with E-state index in [-0.39, 0.29) is 5.91 Å². The molecule has 1 amide bonds. The summed E-state index contributed by atoms with van der Waals surface area (Å²) < 4.78 is 0. The number of amides is 1. The van der Waals surface area contributed by atoms with E-state index < -0.39 is 0 Å². The summed E-state index contributed by atoms with van der Waals surface area (Å²) in [6.45, 7) is 0. The summed E-state index contributed by atoms with van der Waals surface area (Å²) >= 11 is 0. The lowest BCUT2D eigenvalue weighted by Gasteiger charge is -2.08. The van der Waals surface area contributed by atoms with Crippen molar-refractivity contribution < 1.29 is 4.79 Å². The zero-order valence-corrected chi connectivity index (χ0v) is 20.5. The van der Waals surface area contributed by atoms with Crippen molar-refractivity contribution in [2.24, 2.45) is 0 Å². The van der Waals surface area contributed by atoms with Crippen LogP contribution in [-0.2, 0) is 0 Å². The maximum absolute atomic E-state index is 12.6. The molecular formula is C30H20N8O. The number of pyridine rings is 3. The largest absolute Gasteiger partial charge is 0.335 e. The van der Waals surface area contributed by atoms with Crippen LogP contribution in [0, 0.1) is 0 Å². The SMILES string of the molecule is O=C(Nc1cncc(-c2ccc3[nH]nc(-c4nc5c(-c6ccccn6)cncc5[nH]4)c3c2)c1)c1ccccc1. The van der Waals surface area contributed by atoms with Gasteiger partial charge in [-0.15, -0.1) is 0 Å². The van der Waals surface area contributed by atoms with Gasteiger partial charge in [0.05, 0.1) is 34.8 Å². The number of benzene rings is 2. The molecule has 9 nitrogen and oxygen atoms in total. The quantitative estimate of drug-likeness (QED) is 0.267. The number of rotatable bonds is 5. The molecule has 0 atom stereocenters. The summed E-state index contributed by atoms with van der Waals surface area (Å²) in [4.78, 5) is 34.1. The first-order chi connectivity index (χ1) is 19.2. The van der Waals surface area contributed by atoms with Gasteiger partial charge in [0.25, 0.3) is 5.91 Å². The zero-order valence-electron chi connectivity index (χ0n) is 20.5. The van der Waals surface area contributed by atoms with Crippen LogP contribution >= 0.6 is 0 Å². The first kappa shape index (κ1) is 22.5. The number of fused-ring (bicyclic) bond motifs is 2. The van der Waals surface area contributed by atoms with Crippen LogP contribution in [0.15, 0.2) is 104 Å². The van der Waals surface area contributed by atoms with E-state index in [2.05, 4.69) is 35.5 Å². The number of anilines is 1. The molecule has 5 aromatic heterocycles. The molecule has 0 unspecified atom stereocenters. The number of aromatic nitrogens is 7. The van der Waals surface area contributed by atoms with Crippen LogP contribution in [0.1, 0.15) is 10.4 Å². The molecule has 0 saturated carbocycles. The van der Waals surface area contributed by atoms with Crippen molar-refractivity contribution in [2.75, 3.05) is 5.32 Å². The van der Waals surface area contributed by atoms with E-state index in [0.717, 1.165) is 44.3 Å². The van der Waals surface area contributed by atoms with Crippen molar-refractivity contribution >= 4 is 33.5 Å². The highest BCUT2D eigenvalue weighted by Gasteiger charge is 2.17. The Morgan fingerprint density at radius 1 is 0.795 bits per heavy atom. The summed E-state index contributed by atoms with van der Waals surface area (Å²) in [7, 11) is 0. The van der Waals surface area contributed by atoms with E-state index in [0.29, 0.717) is 22.8 Å². The van der Waals surface area contributed by atoms with Crippen LogP contribution < -0.4 is 5.32 Å². The molecule has 7 rings (SSSR count). The number of H-pyrrole nitrogens is 2. The molecule has 186 valence electrons. The predicted octanol–water partition coefficient (Wildman–Crippen LogP) is 5.88. The van der Waals surface area contributed by atoms with Crippen LogP contribution in [-0.4, -0.2) is 41.0 Å². The number of imidazole rings is 1. The Bertz CT molecular complexity index is 1960. The highest BCUT2D eigenvalue weighted by Crippen LogP contribution is 2.32. The van der Waals surface area contributed by atoms with Crippen molar-refractivity contribution in [3.05, 3.63) is 109 Å². The summed E-state index contributed by atoms with van der Waals surface area (Å²) in [5, 5.41) is 11.5. The number of nitrogens with one attached hydrogen (secondary N) is 3. The van der Waals surface area contributed by atoms with E-state index in [9.17, 15) is 4.79 Å². The molecule has 0 bridgehead atoms. The van der Waals surface area contributed by atoms with Crippen molar-refractivity contribution in [1.29, 1.82) is 0 Å². The Labute approximate surface area is 222 Å².